The van der Waals surface area contributed by atoms with Crippen molar-refractivity contribution in [2.45, 2.75) is 6.10 Å². The molecule has 0 aliphatic heterocycles. The first-order chi connectivity index (χ1) is 8.93. The summed E-state index contributed by atoms with van der Waals surface area (Å²) >= 11 is 11.7. The Labute approximate surface area is 122 Å². The SMILES string of the molecule is COCC(O)CN(C)CC(=O)c1ccc(Cl)cc1Cl. The Bertz CT molecular complexity index is 440. The summed E-state index contributed by atoms with van der Waals surface area (Å²) in [7, 11) is 3.27. The molecule has 0 radical (unpaired) electrons. The van der Waals surface area contributed by atoms with Crippen LogP contribution in [0.4, 0.5) is 0 Å². The van der Waals surface area contributed by atoms with Gasteiger partial charge in [-0.3, -0.25) is 9.69 Å². The lowest BCUT2D eigenvalue weighted by Crippen LogP contribution is -2.35. The number of Topliss-reactive ketones (excluding diaryl/α,β-unsaturated/α-hetero) is 1. The third-order valence-electron chi connectivity index (χ3n) is 2.53. The number of ketones is 1. The summed E-state index contributed by atoms with van der Waals surface area (Å²) in [6.45, 7) is 0.757. The Morgan fingerprint density at radius 3 is 2.74 bits per heavy atom. The number of aliphatic hydroxyl groups excluding tert-OH is 1. The number of ether oxygens (including phenoxy) is 1. The maximum Gasteiger partial charge on any atom is 0.178 e. The van der Waals surface area contributed by atoms with Crippen molar-refractivity contribution >= 4 is 29.0 Å². The fourth-order valence-corrected chi connectivity index (χ4v) is 2.23. The van der Waals surface area contributed by atoms with Crippen LogP contribution in [-0.2, 0) is 4.74 Å². The second-order valence-electron chi connectivity index (χ2n) is 4.35. The lowest BCUT2D eigenvalue weighted by atomic mass is 10.1. The van der Waals surface area contributed by atoms with Gasteiger partial charge in [-0.15, -0.1) is 0 Å². The van der Waals surface area contributed by atoms with E-state index in [1.54, 1.807) is 24.1 Å². The van der Waals surface area contributed by atoms with E-state index >= 15 is 0 Å². The number of benzene rings is 1. The lowest BCUT2D eigenvalue weighted by Gasteiger charge is -2.19. The van der Waals surface area contributed by atoms with Gasteiger partial charge in [-0.2, -0.15) is 0 Å². The molecule has 0 bridgehead atoms. The summed E-state index contributed by atoms with van der Waals surface area (Å²) in [6, 6.07) is 4.77. The first-order valence-electron chi connectivity index (χ1n) is 5.77. The van der Waals surface area contributed by atoms with Crippen LogP contribution in [0.1, 0.15) is 10.4 Å². The highest BCUT2D eigenvalue weighted by Gasteiger charge is 2.15. The zero-order chi connectivity index (χ0) is 14.4. The Morgan fingerprint density at radius 1 is 1.47 bits per heavy atom. The summed E-state index contributed by atoms with van der Waals surface area (Å²) in [5.41, 5.74) is 0.430. The second-order valence-corrected chi connectivity index (χ2v) is 5.20. The Hall–Kier alpha value is -0.650. The van der Waals surface area contributed by atoms with Gasteiger partial charge in [0.1, 0.15) is 0 Å². The number of methoxy groups -OCH3 is 1. The number of aliphatic hydroxyl groups is 1. The van der Waals surface area contributed by atoms with Crippen LogP contribution < -0.4 is 0 Å². The molecule has 0 aromatic heterocycles. The molecule has 0 spiro atoms. The van der Waals surface area contributed by atoms with Gasteiger partial charge in [-0.25, -0.2) is 0 Å². The van der Waals surface area contributed by atoms with Crippen LogP contribution >= 0.6 is 23.2 Å². The molecule has 1 aromatic rings. The summed E-state index contributed by atoms with van der Waals surface area (Å²) in [5, 5.41) is 10.4. The summed E-state index contributed by atoms with van der Waals surface area (Å²) in [6.07, 6.45) is -0.622. The Kier molecular flexibility index (Phi) is 6.75. The van der Waals surface area contributed by atoms with E-state index in [0.29, 0.717) is 22.2 Å². The third-order valence-corrected chi connectivity index (χ3v) is 3.07. The molecule has 0 aliphatic rings. The molecular weight excluding hydrogens is 289 g/mol. The van der Waals surface area contributed by atoms with Crippen molar-refractivity contribution in [2.75, 3.05) is 33.9 Å². The maximum absolute atomic E-state index is 12.0. The van der Waals surface area contributed by atoms with Crippen LogP contribution in [0.15, 0.2) is 18.2 Å². The zero-order valence-electron chi connectivity index (χ0n) is 10.9. The molecule has 1 rings (SSSR count). The lowest BCUT2D eigenvalue weighted by molar-refractivity contribution is 0.0428. The van der Waals surface area contributed by atoms with Gasteiger partial charge in [0.2, 0.25) is 0 Å². The first-order valence-corrected chi connectivity index (χ1v) is 6.53. The van der Waals surface area contributed by atoms with E-state index in [1.807, 2.05) is 0 Å². The van der Waals surface area contributed by atoms with Crippen LogP contribution in [0, 0.1) is 0 Å². The zero-order valence-corrected chi connectivity index (χ0v) is 12.4. The first kappa shape index (κ1) is 16.4. The van der Waals surface area contributed by atoms with Crippen LogP contribution in [0.5, 0.6) is 0 Å². The van der Waals surface area contributed by atoms with E-state index in [4.69, 9.17) is 27.9 Å². The fraction of sp³-hybridized carbons (Fsp3) is 0.462. The summed E-state index contributed by atoms with van der Waals surface area (Å²) in [4.78, 5) is 13.8. The third kappa shape index (κ3) is 5.47. The van der Waals surface area contributed by atoms with Crippen molar-refractivity contribution in [3.05, 3.63) is 33.8 Å². The number of hydrogen-bond acceptors (Lipinski definition) is 4. The van der Waals surface area contributed by atoms with Gasteiger partial charge in [0, 0.05) is 24.2 Å². The van der Waals surface area contributed by atoms with Gasteiger partial charge in [-0.1, -0.05) is 23.2 Å². The largest absolute Gasteiger partial charge is 0.389 e. The monoisotopic (exact) mass is 305 g/mol. The molecule has 1 aromatic carbocycles. The van der Waals surface area contributed by atoms with Crippen molar-refractivity contribution in [2.24, 2.45) is 0 Å². The molecule has 106 valence electrons. The van der Waals surface area contributed by atoms with E-state index < -0.39 is 6.10 Å². The average Bonchev–Trinajstić information content (AvgIpc) is 2.28. The highest BCUT2D eigenvalue weighted by atomic mass is 35.5. The van der Waals surface area contributed by atoms with E-state index in [9.17, 15) is 9.90 Å². The smallest absolute Gasteiger partial charge is 0.178 e. The molecular formula is C13H17Cl2NO3. The Morgan fingerprint density at radius 2 is 2.16 bits per heavy atom. The standard InChI is InChI=1S/C13H17Cl2NO3/c1-16(6-10(17)8-19-2)7-13(18)11-4-3-9(14)5-12(11)15/h3-5,10,17H,6-8H2,1-2H3. The van der Waals surface area contributed by atoms with Crippen molar-refractivity contribution in [3.63, 3.8) is 0 Å². The van der Waals surface area contributed by atoms with Gasteiger partial charge in [-0.05, 0) is 25.2 Å². The highest BCUT2D eigenvalue weighted by molar-refractivity contribution is 6.36. The van der Waals surface area contributed by atoms with E-state index in [1.165, 1.54) is 13.2 Å². The quantitative estimate of drug-likeness (QED) is 0.784. The topological polar surface area (TPSA) is 49.8 Å². The number of hydrogen-bond donors (Lipinski definition) is 1. The predicted octanol–water partition coefficient (Wildman–Crippen LogP) is 2.12. The molecule has 0 amide bonds. The molecule has 6 heteroatoms. The molecule has 0 saturated carbocycles. The fourth-order valence-electron chi connectivity index (χ4n) is 1.72. The van der Waals surface area contributed by atoms with Crippen molar-refractivity contribution in [3.8, 4) is 0 Å². The average molecular weight is 306 g/mol. The van der Waals surface area contributed by atoms with Crippen LogP contribution in [0.2, 0.25) is 10.0 Å². The Balaban J connectivity index is 2.59. The molecule has 4 nitrogen and oxygen atoms in total. The van der Waals surface area contributed by atoms with Gasteiger partial charge < -0.3 is 9.84 Å². The highest BCUT2D eigenvalue weighted by Crippen LogP contribution is 2.21. The minimum absolute atomic E-state index is 0.117. The molecule has 1 N–H and O–H groups in total. The van der Waals surface area contributed by atoms with E-state index in [2.05, 4.69) is 0 Å². The van der Waals surface area contributed by atoms with Crippen LogP contribution in [0.3, 0.4) is 0 Å². The van der Waals surface area contributed by atoms with Crippen molar-refractivity contribution in [1.29, 1.82) is 0 Å². The summed E-state index contributed by atoms with van der Waals surface area (Å²) < 4.78 is 4.83. The number of carbonyl (C=O) groups excluding carboxylic acids is 1. The number of halogens is 2. The van der Waals surface area contributed by atoms with Gasteiger partial charge in [0.25, 0.3) is 0 Å². The normalized spacial score (nSPS) is 12.7. The molecule has 1 unspecified atom stereocenters. The molecule has 19 heavy (non-hydrogen) atoms. The molecule has 0 heterocycles. The van der Waals surface area contributed by atoms with Crippen LogP contribution in [-0.4, -0.2) is 55.7 Å². The van der Waals surface area contributed by atoms with Gasteiger partial charge >= 0.3 is 0 Å². The summed E-state index contributed by atoms with van der Waals surface area (Å²) in [5.74, 6) is -0.117. The number of nitrogens with zero attached hydrogens (tertiary/aromatic N) is 1. The molecule has 0 fully saturated rings. The van der Waals surface area contributed by atoms with Gasteiger partial charge in [0.05, 0.1) is 24.3 Å². The minimum Gasteiger partial charge on any atom is -0.389 e. The number of carbonyl (C=O) groups is 1. The second kappa shape index (κ2) is 7.82. The van der Waals surface area contributed by atoms with Crippen molar-refractivity contribution in [1.82, 2.24) is 4.90 Å². The minimum atomic E-state index is -0.622. The predicted molar refractivity (Wildman–Crippen MR) is 76.2 cm³/mol. The molecule has 1 atom stereocenters. The van der Waals surface area contributed by atoms with Gasteiger partial charge in [0.15, 0.2) is 5.78 Å². The van der Waals surface area contributed by atoms with E-state index in [0.717, 1.165) is 0 Å². The maximum atomic E-state index is 12.0. The van der Waals surface area contributed by atoms with Crippen LogP contribution in [0.25, 0.3) is 0 Å². The number of likely N-dealkylation sites (N-methyl/N-ethyl adjacent to an activating group) is 1. The van der Waals surface area contributed by atoms with Crippen molar-refractivity contribution < 1.29 is 14.6 Å². The molecule has 0 saturated heterocycles. The van der Waals surface area contributed by atoms with E-state index in [-0.39, 0.29) is 18.9 Å². The molecule has 0 aliphatic carbocycles. The number of rotatable bonds is 7.